The number of nitrogens with one attached hydrogen (secondary N) is 1. The predicted molar refractivity (Wildman–Crippen MR) is 71.7 cm³/mol. The van der Waals surface area contributed by atoms with Gasteiger partial charge in [-0.25, -0.2) is 9.37 Å². The van der Waals surface area contributed by atoms with Crippen LogP contribution in [0, 0.1) is 23.1 Å². The summed E-state index contributed by atoms with van der Waals surface area (Å²) >= 11 is 0. The molecule has 0 spiro atoms. The molecule has 2 rings (SSSR count). The molecule has 2 aromatic rings. The van der Waals surface area contributed by atoms with E-state index >= 15 is 0 Å². The van der Waals surface area contributed by atoms with Crippen LogP contribution in [0.3, 0.4) is 0 Å². The molecule has 0 saturated carbocycles. The zero-order valence-electron chi connectivity index (χ0n) is 11.1. The SMILES string of the molecule is Cn1ccnc1C(=O)C(C#N)C(=O)Nc1ccc(F)cc1. The second-order valence-corrected chi connectivity index (χ2v) is 4.28. The number of aromatic nitrogens is 2. The number of benzene rings is 1. The summed E-state index contributed by atoms with van der Waals surface area (Å²) in [6, 6.07) is 6.67. The van der Waals surface area contributed by atoms with E-state index in [0.29, 0.717) is 5.69 Å². The highest BCUT2D eigenvalue weighted by molar-refractivity contribution is 6.14. The third-order valence-corrected chi connectivity index (χ3v) is 2.81. The van der Waals surface area contributed by atoms with E-state index in [0.717, 1.165) is 12.1 Å². The van der Waals surface area contributed by atoms with E-state index in [4.69, 9.17) is 5.26 Å². The standard InChI is InChI=1S/C14H11FN4O2/c1-19-7-6-17-13(19)12(20)11(8-16)14(21)18-10-4-2-9(15)3-5-10/h2-7,11H,1H3,(H,18,21). The van der Waals surface area contributed by atoms with Gasteiger partial charge in [0.1, 0.15) is 5.82 Å². The number of rotatable bonds is 4. The molecule has 1 heterocycles. The Kier molecular flexibility index (Phi) is 4.09. The van der Waals surface area contributed by atoms with Gasteiger partial charge in [-0.3, -0.25) is 9.59 Å². The van der Waals surface area contributed by atoms with Crippen molar-refractivity contribution in [3.63, 3.8) is 0 Å². The number of ketones is 1. The van der Waals surface area contributed by atoms with Crippen molar-refractivity contribution < 1.29 is 14.0 Å². The molecule has 7 heteroatoms. The van der Waals surface area contributed by atoms with E-state index in [9.17, 15) is 14.0 Å². The number of carbonyl (C=O) groups is 2. The van der Waals surface area contributed by atoms with Crippen molar-refractivity contribution >= 4 is 17.4 Å². The Morgan fingerprint density at radius 3 is 2.57 bits per heavy atom. The Morgan fingerprint density at radius 1 is 1.38 bits per heavy atom. The lowest BCUT2D eigenvalue weighted by Crippen LogP contribution is -2.30. The average molecular weight is 286 g/mol. The first kappa shape index (κ1) is 14.4. The maximum Gasteiger partial charge on any atom is 0.249 e. The first-order valence-corrected chi connectivity index (χ1v) is 6.00. The van der Waals surface area contributed by atoms with Gasteiger partial charge in [0.25, 0.3) is 0 Å². The van der Waals surface area contributed by atoms with Crippen molar-refractivity contribution in [2.24, 2.45) is 13.0 Å². The Labute approximate surface area is 119 Å². The fourth-order valence-corrected chi connectivity index (χ4v) is 1.72. The van der Waals surface area contributed by atoms with Crippen LogP contribution < -0.4 is 5.32 Å². The van der Waals surface area contributed by atoms with Crippen LogP contribution in [0.25, 0.3) is 0 Å². The number of carbonyl (C=O) groups excluding carboxylic acids is 2. The van der Waals surface area contributed by atoms with E-state index in [1.807, 2.05) is 0 Å². The number of halogens is 1. The molecule has 0 fully saturated rings. The van der Waals surface area contributed by atoms with Gasteiger partial charge in [0.05, 0.1) is 6.07 Å². The Bertz CT molecular complexity index is 715. The first-order valence-electron chi connectivity index (χ1n) is 6.00. The molecule has 1 aromatic heterocycles. The van der Waals surface area contributed by atoms with Gasteiger partial charge in [-0.1, -0.05) is 0 Å². The van der Waals surface area contributed by atoms with E-state index in [1.165, 1.54) is 22.9 Å². The Hall–Kier alpha value is -3.01. The molecule has 21 heavy (non-hydrogen) atoms. The smallest absolute Gasteiger partial charge is 0.249 e. The number of anilines is 1. The predicted octanol–water partition coefficient (Wildman–Crippen LogP) is 1.52. The van der Waals surface area contributed by atoms with Crippen LogP contribution in [0.4, 0.5) is 10.1 Å². The second-order valence-electron chi connectivity index (χ2n) is 4.28. The van der Waals surface area contributed by atoms with Crippen LogP contribution in [-0.4, -0.2) is 21.2 Å². The molecule has 0 aliphatic heterocycles. The largest absolute Gasteiger partial charge is 0.332 e. The molecule has 1 aromatic carbocycles. The van der Waals surface area contributed by atoms with Crippen molar-refractivity contribution in [1.82, 2.24) is 9.55 Å². The summed E-state index contributed by atoms with van der Waals surface area (Å²) in [5.41, 5.74) is 0.300. The minimum Gasteiger partial charge on any atom is -0.332 e. The molecule has 0 radical (unpaired) electrons. The monoisotopic (exact) mass is 286 g/mol. The highest BCUT2D eigenvalue weighted by Crippen LogP contribution is 2.12. The lowest BCUT2D eigenvalue weighted by Gasteiger charge is -2.09. The minimum atomic E-state index is -1.52. The van der Waals surface area contributed by atoms with E-state index in [2.05, 4.69) is 10.3 Å². The summed E-state index contributed by atoms with van der Waals surface area (Å²) < 4.78 is 14.2. The quantitative estimate of drug-likeness (QED) is 0.681. The summed E-state index contributed by atoms with van der Waals surface area (Å²) in [5, 5.41) is 11.4. The van der Waals surface area contributed by atoms with Crippen LogP contribution in [0.15, 0.2) is 36.7 Å². The molecule has 106 valence electrons. The topological polar surface area (TPSA) is 87.8 Å². The van der Waals surface area contributed by atoms with E-state index < -0.39 is 23.4 Å². The molecule has 0 aliphatic carbocycles. The van der Waals surface area contributed by atoms with Gasteiger partial charge < -0.3 is 9.88 Å². The average Bonchev–Trinajstić information content (AvgIpc) is 2.88. The van der Waals surface area contributed by atoms with Gasteiger partial charge in [0.2, 0.25) is 11.7 Å². The third kappa shape index (κ3) is 3.12. The lowest BCUT2D eigenvalue weighted by molar-refractivity contribution is -0.117. The second kappa shape index (κ2) is 5.96. The van der Waals surface area contributed by atoms with Gasteiger partial charge in [-0.15, -0.1) is 0 Å². The molecule has 1 unspecified atom stereocenters. The van der Waals surface area contributed by atoms with Crippen LogP contribution in [-0.2, 0) is 11.8 Å². The van der Waals surface area contributed by atoms with Crippen molar-refractivity contribution in [2.45, 2.75) is 0 Å². The number of Topliss-reactive ketones (excluding diaryl/α,β-unsaturated/α-hetero) is 1. The van der Waals surface area contributed by atoms with Gasteiger partial charge in [0.15, 0.2) is 11.7 Å². The molecule has 1 atom stereocenters. The Balaban J connectivity index is 2.16. The maximum atomic E-state index is 12.8. The fourth-order valence-electron chi connectivity index (χ4n) is 1.72. The summed E-state index contributed by atoms with van der Waals surface area (Å²) in [7, 11) is 1.59. The number of nitriles is 1. The fraction of sp³-hybridized carbons (Fsp3) is 0.143. The third-order valence-electron chi connectivity index (χ3n) is 2.81. The van der Waals surface area contributed by atoms with Gasteiger partial charge in [-0.05, 0) is 24.3 Å². The molecule has 0 saturated heterocycles. The molecule has 1 amide bonds. The van der Waals surface area contributed by atoms with Crippen LogP contribution >= 0.6 is 0 Å². The molecular formula is C14H11FN4O2. The van der Waals surface area contributed by atoms with Gasteiger partial charge in [-0.2, -0.15) is 5.26 Å². The molecule has 6 nitrogen and oxygen atoms in total. The minimum absolute atomic E-state index is 0.0239. The van der Waals surface area contributed by atoms with Crippen LogP contribution in [0.1, 0.15) is 10.6 Å². The number of aryl methyl sites for hydroxylation is 1. The van der Waals surface area contributed by atoms with E-state index in [1.54, 1.807) is 19.3 Å². The Morgan fingerprint density at radius 2 is 2.05 bits per heavy atom. The van der Waals surface area contributed by atoms with Gasteiger partial charge >= 0.3 is 0 Å². The zero-order valence-corrected chi connectivity index (χ0v) is 11.1. The molecule has 1 N–H and O–H groups in total. The number of hydrogen-bond acceptors (Lipinski definition) is 4. The van der Waals surface area contributed by atoms with Crippen molar-refractivity contribution in [1.29, 1.82) is 5.26 Å². The highest BCUT2D eigenvalue weighted by atomic mass is 19.1. The summed E-state index contributed by atoms with van der Waals surface area (Å²) in [6.45, 7) is 0. The summed E-state index contributed by atoms with van der Waals surface area (Å²) in [5.74, 6) is -3.41. The van der Waals surface area contributed by atoms with Gasteiger partial charge in [0, 0.05) is 25.1 Å². The zero-order chi connectivity index (χ0) is 15.4. The van der Waals surface area contributed by atoms with Crippen molar-refractivity contribution in [3.8, 4) is 6.07 Å². The highest BCUT2D eigenvalue weighted by Gasteiger charge is 2.30. The number of amides is 1. The normalized spacial score (nSPS) is 11.5. The summed E-state index contributed by atoms with van der Waals surface area (Å²) in [6.07, 6.45) is 2.94. The first-order chi connectivity index (χ1) is 10.0. The number of hydrogen-bond donors (Lipinski definition) is 1. The molecular weight excluding hydrogens is 275 g/mol. The van der Waals surface area contributed by atoms with Crippen molar-refractivity contribution in [2.75, 3.05) is 5.32 Å². The summed E-state index contributed by atoms with van der Waals surface area (Å²) in [4.78, 5) is 27.9. The van der Waals surface area contributed by atoms with E-state index in [-0.39, 0.29) is 5.82 Å². The van der Waals surface area contributed by atoms with Crippen LogP contribution in [0.5, 0.6) is 0 Å². The lowest BCUT2D eigenvalue weighted by atomic mass is 10.0. The van der Waals surface area contributed by atoms with Crippen molar-refractivity contribution in [3.05, 3.63) is 48.3 Å². The molecule has 0 bridgehead atoms. The maximum absolute atomic E-state index is 12.8. The number of imidazole rings is 1. The molecule has 0 aliphatic rings. The van der Waals surface area contributed by atoms with Crippen LogP contribution in [0.2, 0.25) is 0 Å². The number of nitrogens with zero attached hydrogens (tertiary/aromatic N) is 3.